The Kier molecular flexibility index (Phi) is 8.74. The van der Waals surface area contributed by atoms with Crippen molar-refractivity contribution < 1.29 is 14.3 Å². The Labute approximate surface area is 144 Å². The third-order valence-corrected chi connectivity index (χ3v) is 3.96. The number of carbonyl (C=O) groups is 1. The van der Waals surface area contributed by atoms with Crippen molar-refractivity contribution in [2.24, 2.45) is 5.92 Å². The highest BCUT2D eigenvalue weighted by Gasteiger charge is 2.30. The molecule has 23 heavy (non-hydrogen) atoms. The SMILES string of the molecule is C=CCCC1CNC(C)CC1OC(=O)COc1ccccc1.Cl. The Balaban J connectivity index is 0.00000264. The largest absolute Gasteiger partial charge is 0.482 e. The van der Waals surface area contributed by atoms with E-state index in [9.17, 15) is 4.79 Å². The fourth-order valence-corrected chi connectivity index (χ4v) is 2.73. The molecule has 4 nitrogen and oxygen atoms in total. The molecule has 0 aromatic heterocycles. The van der Waals surface area contributed by atoms with E-state index >= 15 is 0 Å². The van der Waals surface area contributed by atoms with Gasteiger partial charge in [0, 0.05) is 18.5 Å². The molecule has 1 aromatic rings. The Bertz CT molecular complexity index is 480. The third-order valence-electron chi connectivity index (χ3n) is 3.96. The lowest BCUT2D eigenvalue weighted by Gasteiger charge is -2.35. The summed E-state index contributed by atoms with van der Waals surface area (Å²) in [7, 11) is 0. The van der Waals surface area contributed by atoms with Crippen LogP contribution in [0, 0.1) is 5.92 Å². The summed E-state index contributed by atoms with van der Waals surface area (Å²) >= 11 is 0. The Morgan fingerprint density at radius 3 is 2.83 bits per heavy atom. The van der Waals surface area contributed by atoms with E-state index in [4.69, 9.17) is 9.47 Å². The lowest BCUT2D eigenvalue weighted by molar-refractivity contribution is -0.156. The zero-order chi connectivity index (χ0) is 15.8. The summed E-state index contributed by atoms with van der Waals surface area (Å²) < 4.78 is 11.1. The van der Waals surface area contributed by atoms with E-state index in [-0.39, 0.29) is 31.1 Å². The second-order valence-corrected chi connectivity index (χ2v) is 5.80. The first kappa shape index (κ1) is 19.5. The first-order valence-corrected chi connectivity index (χ1v) is 7.90. The van der Waals surface area contributed by atoms with Crippen molar-refractivity contribution in [3.63, 3.8) is 0 Å². The molecule has 0 aliphatic carbocycles. The topological polar surface area (TPSA) is 47.6 Å². The summed E-state index contributed by atoms with van der Waals surface area (Å²) in [5, 5.41) is 3.45. The van der Waals surface area contributed by atoms with Crippen molar-refractivity contribution >= 4 is 18.4 Å². The van der Waals surface area contributed by atoms with Crippen LogP contribution in [-0.4, -0.2) is 31.3 Å². The second-order valence-electron chi connectivity index (χ2n) is 5.80. The molecule has 2 rings (SSSR count). The first-order chi connectivity index (χ1) is 10.7. The predicted octanol–water partition coefficient (Wildman–Crippen LogP) is 3.36. The van der Waals surface area contributed by atoms with E-state index in [1.54, 1.807) is 0 Å². The van der Waals surface area contributed by atoms with E-state index in [1.807, 2.05) is 36.4 Å². The molecule has 0 saturated carbocycles. The summed E-state index contributed by atoms with van der Waals surface area (Å²) in [6, 6.07) is 9.68. The fraction of sp³-hybridized carbons (Fsp3) is 0.500. The smallest absolute Gasteiger partial charge is 0.344 e. The molecule has 0 bridgehead atoms. The number of hydrogen-bond donors (Lipinski definition) is 1. The van der Waals surface area contributed by atoms with Gasteiger partial charge in [0.25, 0.3) is 0 Å². The molecule has 1 aliphatic heterocycles. The molecule has 1 aromatic carbocycles. The predicted molar refractivity (Wildman–Crippen MR) is 94.1 cm³/mol. The number of benzene rings is 1. The van der Waals surface area contributed by atoms with Crippen molar-refractivity contribution in [2.75, 3.05) is 13.2 Å². The Hall–Kier alpha value is -1.52. The number of esters is 1. The highest BCUT2D eigenvalue weighted by molar-refractivity contribution is 5.85. The molecule has 0 radical (unpaired) electrons. The quantitative estimate of drug-likeness (QED) is 0.611. The monoisotopic (exact) mass is 339 g/mol. The number of para-hydroxylation sites is 1. The van der Waals surface area contributed by atoms with Crippen LogP contribution in [0.25, 0.3) is 0 Å². The van der Waals surface area contributed by atoms with Gasteiger partial charge in [-0.05, 0) is 38.3 Å². The summed E-state index contributed by atoms with van der Waals surface area (Å²) in [6.45, 7) is 6.71. The van der Waals surface area contributed by atoms with Crippen LogP contribution in [0.15, 0.2) is 43.0 Å². The van der Waals surface area contributed by atoms with Crippen molar-refractivity contribution in [3.8, 4) is 5.75 Å². The number of nitrogens with one attached hydrogen (secondary N) is 1. The minimum atomic E-state index is -0.299. The van der Waals surface area contributed by atoms with Crippen LogP contribution < -0.4 is 10.1 Å². The van der Waals surface area contributed by atoms with Gasteiger partial charge in [-0.2, -0.15) is 0 Å². The van der Waals surface area contributed by atoms with Gasteiger partial charge >= 0.3 is 5.97 Å². The Morgan fingerprint density at radius 1 is 1.39 bits per heavy atom. The molecule has 1 saturated heterocycles. The summed E-state index contributed by atoms with van der Waals surface area (Å²) in [4.78, 5) is 12.0. The molecule has 3 atom stereocenters. The summed E-state index contributed by atoms with van der Waals surface area (Å²) in [5.41, 5.74) is 0. The van der Waals surface area contributed by atoms with Crippen molar-refractivity contribution in [2.45, 2.75) is 38.3 Å². The maximum atomic E-state index is 12.0. The van der Waals surface area contributed by atoms with Crippen molar-refractivity contribution in [1.82, 2.24) is 5.32 Å². The van der Waals surface area contributed by atoms with Crippen LogP contribution in [0.1, 0.15) is 26.2 Å². The van der Waals surface area contributed by atoms with E-state index in [2.05, 4.69) is 18.8 Å². The normalized spacial score (nSPS) is 23.4. The second kappa shape index (κ2) is 10.3. The lowest BCUT2D eigenvalue weighted by Crippen LogP contribution is -2.47. The van der Waals surface area contributed by atoms with Gasteiger partial charge in [-0.3, -0.25) is 0 Å². The summed E-state index contributed by atoms with van der Waals surface area (Å²) in [5.74, 6) is 0.725. The van der Waals surface area contributed by atoms with Gasteiger partial charge in [0.1, 0.15) is 11.9 Å². The van der Waals surface area contributed by atoms with Crippen LogP contribution in [0.3, 0.4) is 0 Å². The standard InChI is InChI=1S/C18H25NO3.ClH/c1-3-4-8-15-12-19-14(2)11-17(15)22-18(20)13-21-16-9-6-5-7-10-16;/h3,5-7,9-10,14-15,17,19H,1,4,8,11-13H2,2H3;1H. The van der Waals surface area contributed by atoms with Gasteiger partial charge in [0.15, 0.2) is 6.61 Å². The van der Waals surface area contributed by atoms with Gasteiger partial charge in [0.05, 0.1) is 0 Å². The molecule has 1 N–H and O–H groups in total. The number of rotatable bonds is 7. The number of ether oxygens (including phenoxy) is 2. The van der Waals surface area contributed by atoms with Crippen LogP contribution in [0.5, 0.6) is 5.75 Å². The lowest BCUT2D eigenvalue weighted by atomic mass is 9.88. The molecule has 128 valence electrons. The molecule has 1 fully saturated rings. The first-order valence-electron chi connectivity index (χ1n) is 7.90. The highest BCUT2D eigenvalue weighted by atomic mass is 35.5. The zero-order valence-corrected chi connectivity index (χ0v) is 14.4. The molecule has 3 unspecified atom stereocenters. The average Bonchev–Trinajstić information content (AvgIpc) is 2.53. The number of piperidine rings is 1. The molecule has 5 heteroatoms. The van der Waals surface area contributed by atoms with E-state index < -0.39 is 0 Å². The number of allylic oxidation sites excluding steroid dienone is 1. The van der Waals surface area contributed by atoms with Crippen LogP contribution in [-0.2, 0) is 9.53 Å². The minimum absolute atomic E-state index is 0. The van der Waals surface area contributed by atoms with Gasteiger partial charge in [-0.15, -0.1) is 19.0 Å². The van der Waals surface area contributed by atoms with Crippen LogP contribution in [0.2, 0.25) is 0 Å². The van der Waals surface area contributed by atoms with Crippen LogP contribution in [0.4, 0.5) is 0 Å². The number of carbonyl (C=O) groups excluding carboxylic acids is 1. The minimum Gasteiger partial charge on any atom is -0.482 e. The maximum Gasteiger partial charge on any atom is 0.344 e. The average molecular weight is 340 g/mol. The highest BCUT2D eigenvalue weighted by Crippen LogP contribution is 2.23. The number of hydrogen-bond acceptors (Lipinski definition) is 4. The van der Waals surface area contributed by atoms with E-state index in [1.165, 1.54) is 0 Å². The van der Waals surface area contributed by atoms with E-state index in [0.717, 1.165) is 25.8 Å². The van der Waals surface area contributed by atoms with Crippen molar-refractivity contribution in [3.05, 3.63) is 43.0 Å². The van der Waals surface area contributed by atoms with Gasteiger partial charge in [0.2, 0.25) is 0 Å². The van der Waals surface area contributed by atoms with Crippen molar-refractivity contribution in [1.29, 1.82) is 0 Å². The van der Waals surface area contributed by atoms with Gasteiger partial charge in [-0.25, -0.2) is 4.79 Å². The molecule has 0 spiro atoms. The molecule has 1 aliphatic rings. The molecule has 1 heterocycles. The molecule has 0 amide bonds. The van der Waals surface area contributed by atoms with E-state index in [0.29, 0.717) is 17.7 Å². The zero-order valence-electron chi connectivity index (χ0n) is 13.6. The van der Waals surface area contributed by atoms with Gasteiger partial charge in [-0.1, -0.05) is 24.3 Å². The summed E-state index contributed by atoms with van der Waals surface area (Å²) in [6.07, 6.45) is 4.65. The third kappa shape index (κ3) is 6.63. The number of halogens is 1. The molecular weight excluding hydrogens is 314 g/mol. The Morgan fingerprint density at radius 2 is 2.13 bits per heavy atom. The van der Waals surface area contributed by atoms with Gasteiger partial charge < -0.3 is 14.8 Å². The maximum absolute atomic E-state index is 12.0. The van der Waals surface area contributed by atoms with Crippen LogP contribution >= 0.6 is 12.4 Å². The molecular formula is C18H26ClNO3. The fourth-order valence-electron chi connectivity index (χ4n) is 2.73.